The summed E-state index contributed by atoms with van der Waals surface area (Å²) in [5.74, 6) is 0.487. The van der Waals surface area contributed by atoms with Gasteiger partial charge in [-0.05, 0) is 24.1 Å². The Morgan fingerprint density at radius 3 is 2.55 bits per heavy atom. The molecule has 2 amide bonds. The second-order valence-corrected chi connectivity index (χ2v) is 4.29. The van der Waals surface area contributed by atoms with E-state index in [1.165, 1.54) is 0 Å². The molecule has 0 aliphatic carbocycles. The van der Waals surface area contributed by atoms with Crippen LogP contribution in [-0.2, 0) is 0 Å². The van der Waals surface area contributed by atoms with Gasteiger partial charge in [0, 0.05) is 12.8 Å². The fourth-order valence-corrected chi connectivity index (χ4v) is 1.88. The summed E-state index contributed by atoms with van der Waals surface area (Å²) in [4.78, 5) is 16.0. The van der Waals surface area contributed by atoms with Crippen LogP contribution < -0.4 is 10.6 Å². The van der Waals surface area contributed by atoms with Crippen molar-refractivity contribution in [3.05, 3.63) is 60.3 Å². The van der Waals surface area contributed by atoms with Crippen molar-refractivity contribution < 1.29 is 9.90 Å². The summed E-state index contributed by atoms with van der Waals surface area (Å²) in [5, 5.41) is 14.6. The van der Waals surface area contributed by atoms with Crippen molar-refractivity contribution in [2.45, 2.75) is 12.5 Å². The fourth-order valence-electron chi connectivity index (χ4n) is 1.88. The minimum absolute atomic E-state index is 0.00340. The van der Waals surface area contributed by atoms with Crippen LogP contribution in [0.4, 0.5) is 10.6 Å². The van der Waals surface area contributed by atoms with Crippen molar-refractivity contribution in [2.24, 2.45) is 0 Å². The molecule has 3 N–H and O–H groups in total. The molecule has 0 bridgehead atoms. The third-order valence-corrected chi connectivity index (χ3v) is 2.83. The largest absolute Gasteiger partial charge is 0.396 e. The van der Waals surface area contributed by atoms with Gasteiger partial charge in [-0.1, -0.05) is 36.4 Å². The number of rotatable bonds is 5. The van der Waals surface area contributed by atoms with E-state index in [0.29, 0.717) is 12.2 Å². The third-order valence-electron chi connectivity index (χ3n) is 2.83. The first-order valence-electron chi connectivity index (χ1n) is 6.44. The van der Waals surface area contributed by atoms with E-state index in [2.05, 4.69) is 15.6 Å². The molecule has 0 saturated carbocycles. The predicted octanol–water partition coefficient (Wildman–Crippen LogP) is 2.33. The number of nitrogens with zero attached hydrogens (tertiary/aromatic N) is 1. The number of hydrogen-bond acceptors (Lipinski definition) is 3. The average molecular weight is 271 g/mol. The Balaban J connectivity index is 1.99. The highest BCUT2D eigenvalue weighted by Crippen LogP contribution is 2.16. The molecule has 1 heterocycles. The zero-order valence-electron chi connectivity index (χ0n) is 11.0. The van der Waals surface area contributed by atoms with Crippen LogP contribution in [0, 0.1) is 0 Å². The molecule has 0 unspecified atom stereocenters. The number of aliphatic hydroxyl groups is 1. The van der Waals surface area contributed by atoms with Crippen molar-refractivity contribution in [1.29, 1.82) is 0 Å². The van der Waals surface area contributed by atoms with E-state index in [1.54, 1.807) is 24.4 Å². The standard InChI is InChI=1S/C15H17N3O2/c19-11-9-13(12-6-2-1-3-7-12)17-15(20)18-14-8-4-5-10-16-14/h1-8,10,13,19H,9,11H2,(H2,16,17,18,20)/t13-/m1/s1. The molecule has 0 saturated heterocycles. The van der Waals surface area contributed by atoms with Crippen LogP contribution >= 0.6 is 0 Å². The lowest BCUT2D eigenvalue weighted by molar-refractivity contribution is 0.239. The number of hydrogen-bond donors (Lipinski definition) is 3. The Morgan fingerprint density at radius 1 is 1.15 bits per heavy atom. The van der Waals surface area contributed by atoms with Gasteiger partial charge in [0.1, 0.15) is 5.82 Å². The van der Waals surface area contributed by atoms with Crippen LogP contribution in [-0.4, -0.2) is 22.7 Å². The molecule has 20 heavy (non-hydrogen) atoms. The van der Waals surface area contributed by atoms with Crippen LogP contribution in [0.2, 0.25) is 0 Å². The van der Waals surface area contributed by atoms with Crippen LogP contribution in [0.3, 0.4) is 0 Å². The van der Waals surface area contributed by atoms with Gasteiger partial charge in [-0.3, -0.25) is 5.32 Å². The van der Waals surface area contributed by atoms with E-state index >= 15 is 0 Å². The lowest BCUT2D eigenvalue weighted by atomic mass is 10.0. The number of carbonyl (C=O) groups excluding carboxylic acids is 1. The molecule has 0 spiro atoms. The van der Waals surface area contributed by atoms with E-state index in [9.17, 15) is 4.79 Å². The number of benzene rings is 1. The highest BCUT2D eigenvalue weighted by atomic mass is 16.3. The molecule has 104 valence electrons. The number of aliphatic hydroxyl groups excluding tert-OH is 1. The van der Waals surface area contributed by atoms with Gasteiger partial charge in [0.15, 0.2) is 0 Å². The van der Waals surface area contributed by atoms with Crippen LogP contribution in [0.15, 0.2) is 54.7 Å². The molecular weight excluding hydrogens is 254 g/mol. The lowest BCUT2D eigenvalue weighted by Gasteiger charge is -2.18. The van der Waals surface area contributed by atoms with Gasteiger partial charge >= 0.3 is 6.03 Å². The van der Waals surface area contributed by atoms with Gasteiger partial charge in [0.05, 0.1) is 6.04 Å². The zero-order chi connectivity index (χ0) is 14.2. The number of aromatic nitrogens is 1. The Kier molecular flexibility index (Phi) is 5.08. The van der Waals surface area contributed by atoms with Crippen LogP contribution in [0.1, 0.15) is 18.0 Å². The summed E-state index contributed by atoms with van der Waals surface area (Å²) in [6.07, 6.45) is 2.07. The summed E-state index contributed by atoms with van der Waals surface area (Å²) >= 11 is 0. The predicted molar refractivity (Wildman–Crippen MR) is 77.3 cm³/mol. The van der Waals surface area contributed by atoms with E-state index in [4.69, 9.17) is 5.11 Å². The molecule has 0 fully saturated rings. The quantitative estimate of drug-likeness (QED) is 0.781. The molecule has 1 aromatic carbocycles. The SMILES string of the molecule is O=C(Nc1ccccn1)N[C@H](CCO)c1ccccc1. The van der Waals surface area contributed by atoms with Crippen molar-refractivity contribution in [3.63, 3.8) is 0 Å². The maximum absolute atomic E-state index is 11.9. The number of anilines is 1. The smallest absolute Gasteiger partial charge is 0.320 e. The van der Waals surface area contributed by atoms with Crippen molar-refractivity contribution in [3.8, 4) is 0 Å². The minimum Gasteiger partial charge on any atom is -0.396 e. The highest BCUT2D eigenvalue weighted by Gasteiger charge is 2.13. The number of amides is 2. The molecule has 0 aliphatic heterocycles. The van der Waals surface area contributed by atoms with Gasteiger partial charge in [-0.25, -0.2) is 9.78 Å². The first kappa shape index (κ1) is 14.0. The Labute approximate surface area is 117 Å². The summed E-state index contributed by atoms with van der Waals surface area (Å²) in [6, 6.07) is 14.3. The van der Waals surface area contributed by atoms with Crippen molar-refractivity contribution in [1.82, 2.24) is 10.3 Å². The fraction of sp³-hybridized carbons (Fsp3) is 0.200. The average Bonchev–Trinajstić information content (AvgIpc) is 2.49. The van der Waals surface area contributed by atoms with E-state index in [1.807, 2.05) is 30.3 Å². The third kappa shape index (κ3) is 4.07. The molecule has 2 aromatic rings. The van der Waals surface area contributed by atoms with E-state index in [0.717, 1.165) is 5.56 Å². The second-order valence-electron chi connectivity index (χ2n) is 4.29. The molecule has 5 nitrogen and oxygen atoms in total. The van der Waals surface area contributed by atoms with Gasteiger partial charge in [-0.15, -0.1) is 0 Å². The first-order valence-corrected chi connectivity index (χ1v) is 6.44. The number of urea groups is 1. The number of pyridine rings is 1. The summed E-state index contributed by atoms with van der Waals surface area (Å²) in [6.45, 7) is 0.00340. The number of carbonyl (C=O) groups is 1. The van der Waals surface area contributed by atoms with Gasteiger partial charge in [0.2, 0.25) is 0 Å². The molecule has 1 aromatic heterocycles. The summed E-state index contributed by atoms with van der Waals surface area (Å²) in [5.41, 5.74) is 0.956. The minimum atomic E-state index is -0.342. The van der Waals surface area contributed by atoms with E-state index in [-0.39, 0.29) is 18.7 Å². The maximum atomic E-state index is 11.9. The first-order chi connectivity index (χ1) is 9.79. The topological polar surface area (TPSA) is 74.2 Å². The zero-order valence-corrected chi connectivity index (χ0v) is 11.0. The monoisotopic (exact) mass is 271 g/mol. The van der Waals surface area contributed by atoms with Crippen LogP contribution in [0.25, 0.3) is 0 Å². The summed E-state index contributed by atoms with van der Waals surface area (Å²) in [7, 11) is 0. The van der Waals surface area contributed by atoms with Gasteiger partial charge in [0.25, 0.3) is 0 Å². The molecule has 2 rings (SSSR count). The van der Waals surface area contributed by atoms with Gasteiger partial charge < -0.3 is 10.4 Å². The second kappa shape index (κ2) is 7.25. The normalized spacial score (nSPS) is 11.7. The Hall–Kier alpha value is -2.40. The Bertz CT molecular complexity index is 531. The maximum Gasteiger partial charge on any atom is 0.320 e. The van der Waals surface area contributed by atoms with Crippen molar-refractivity contribution >= 4 is 11.8 Å². The van der Waals surface area contributed by atoms with Crippen molar-refractivity contribution in [2.75, 3.05) is 11.9 Å². The molecular formula is C15H17N3O2. The molecule has 0 aliphatic rings. The molecule has 0 radical (unpaired) electrons. The van der Waals surface area contributed by atoms with E-state index < -0.39 is 0 Å². The number of nitrogens with one attached hydrogen (secondary N) is 2. The summed E-state index contributed by atoms with van der Waals surface area (Å²) < 4.78 is 0. The highest BCUT2D eigenvalue weighted by molar-refractivity contribution is 5.88. The Morgan fingerprint density at radius 2 is 1.90 bits per heavy atom. The lowest BCUT2D eigenvalue weighted by Crippen LogP contribution is -2.33. The molecule has 1 atom stereocenters. The molecule has 5 heteroatoms. The van der Waals surface area contributed by atoms with Crippen LogP contribution in [0.5, 0.6) is 0 Å². The van der Waals surface area contributed by atoms with Gasteiger partial charge in [-0.2, -0.15) is 0 Å².